The summed E-state index contributed by atoms with van der Waals surface area (Å²) in [5.41, 5.74) is 6.87. The summed E-state index contributed by atoms with van der Waals surface area (Å²) in [6.07, 6.45) is -0.613. The standard InChI is InChI=1S/C25H27F3N6O/c1-15(30-2)20-10-8-17(13-31-20)33-23-32-14-19(25(26,27)28)21(34-23)9-7-16-5-3-4-6-18(16)24(11-12-24)22(29)35/h3-6,8,10,13-15,30H,7,9,11-12H2,1-2H3,(H2,29,35)(H,32,33,34). The first-order chi connectivity index (χ1) is 16.6. The number of rotatable bonds is 9. The van der Waals surface area contributed by atoms with E-state index in [1.54, 1.807) is 18.3 Å². The van der Waals surface area contributed by atoms with Crippen LogP contribution in [0.4, 0.5) is 24.8 Å². The molecule has 2 heterocycles. The molecule has 4 rings (SSSR count). The van der Waals surface area contributed by atoms with Gasteiger partial charge in [0.15, 0.2) is 0 Å². The van der Waals surface area contributed by atoms with Gasteiger partial charge in [0.25, 0.3) is 0 Å². The van der Waals surface area contributed by atoms with Gasteiger partial charge in [-0.3, -0.25) is 9.78 Å². The van der Waals surface area contributed by atoms with Gasteiger partial charge < -0.3 is 16.4 Å². The van der Waals surface area contributed by atoms with Crippen LogP contribution in [0.3, 0.4) is 0 Å². The summed E-state index contributed by atoms with van der Waals surface area (Å²) in [4.78, 5) is 24.4. The number of pyridine rings is 1. The number of alkyl halides is 3. The first-order valence-corrected chi connectivity index (χ1v) is 11.4. The van der Waals surface area contributed by atoms with E-state index in [1.165, 1.54) is 0 Å². The molecule has 0 aliphatic heterocycles. The van der Waals surface area contributed by atoms with Crippen LogP contribution >= 0.6 is 0 Å². The fourth-order valence-electron chi connectivity index (χ4n) is 4.15. The van der Waals surface area contributed by atoms with E-state index in [9.17, 15) is 18.0 Å². The number of halogens is 3. The van der Waals surface area contributed by atoms with E-state index < -0.39 is 23.1 Å². The van der Waals surface area contributed by atoms with E-state index in [4.69, 9.17) is 5.73 Å². The Kier molecular flexibility index (Phi) is 6.75. The second-order valence-corrected chi connectivity index (χ2v) is 8.76. The van der Waals surface area contributed by atoms with Crippen molar-refractivity contribution < 1.29 is 18.0 Å². The number of benzene rings is 1. The predicted octanol–water partition coefficient (Wildman–Crippen LogP) is 4.22. The highest BCUT2D eigenvalue weighted by atomic mass is 19.4. The van der Waals surface area contributed by atoms with Crippen LogP contribution in [0.5, 0.6) is 0 Å². The molecular weight excluding hydrogens is 457 g/mol. The Morgan fingerprint density at radius 1 is 1.11 bits per heavy atom. The van der Waals surface area contributed by atoms with Gasteiger partial charge in [-0.1, -0.05) is 24.3 Å². The van der Waals surface area contributed by atoms with Gasteiger partial charge >= 0.3 is 6.18 Å². The average Bonchev–Trinajstić information content (AvgIpc) is 3.64. The van der Waals surface area contributed by atoms with Crippen LogP contribution in [0.2, 0.25) is 0 Å². The van der Waals surface area contributed by atoms with Gasteiger partial charge in [-0.2, -0.15) is 13.2 Å². The lowest BCUT2D eigenvalue weighted by molar-refractivity contribution is -0.138. The summed E-state index contributed by atoms with van der Waals surface area (Å²) in [7, 11) is 1.83. The molecule has 3 aromatic rings. The molecule has 2 aromatic heterocycles. The van der Waals surface area contributed by atoms with Crippen molar-refractivity contribution >= 4 is 17.5 Å². The lowest BCUT2D eigenvalue weighted by atomic mass is 9.88. The summed E-state index contributed by atoms with van der Waals surface area (Å²) in [6, 6.07) is 10.9. The quantitative estimate of drug-likeness (QED) is 0.420. The van der Waals surface area contributed by atoms with Crippen LogP contribution in [0.1, 0.15) is 53.9 Å². The second-order valence-electron chi connectivity index (χ2n) is 8.76. The van der Waals surface area contributed by atoms with Gasteiger partial charge in [0.1, 0.15) is 0 Å². The maximum atomic E-state index is 13.7. The molecule has 4 N–H and O–H groups in total. The highest BCUT2D eigenvalue weighted by molar-refractivity contribution is 5.90. The van der Waals surface area contributed by atoms with Crippen molar-refractivity contribution in [3.63, 3.8) is 0 Å². The molecule has 0 spiro atoms. The Morgan fingerprint density at radius 3 is 2.46 bits per heavy atom. The van der Waals surface area contributed by atoms with Crippen molar-refractivity contribution in [2.75, 3.05) is 12.4 Å². The number of carbonyl (C=O) groups is 1. The monoisotopic (exact) mass is 484 g/mol. The number of carbonyl (C=O) groups excluding carboxylic acids is 1. The van der Waals surface area contributed by atoms with Crippen molar-refractivity contribution in [3.8, 4) is 0 Å². The molecule has 1 amide bonds. The van der Waals surface area contributed by atoms with Gasteiger partial charge in [-0.25, -0.2) is 9.97 Å². The van der Waals surface area contributed by atoms with Crippen molar-refractivity contribution in [1.82, 2.24) is 20.3 Å². The predicted molar refractivity (Wildman–Crippen MR) is 126 cm³/mol. The zero-order valence-electron chi connectivity index (χ0n) is 19.5. The molecule has 1 saturated carbocycles. The van der Waals surface area contributed by atoms with Gasteiger partial charge in [-0.15, -0.1) is 0 Å². The molecule has 1 atom stereocenters. The minimum absolute atomic E-state index is 0.0226. The van der Waals surface area contributed by atoms with Gasteiger partial charge in [-0.05, 0) is 62.9 Å². The van der Waals surface area contributed by atoms with Gasteiger partial charge in [0.05, 0.1) is 34.3 Å². The highest BCUT2D eigenvalue weighted by Gasteiger charge is 2.50. The number of primary amides is 1. The third-order valence-corrected chi connectivity index (χ3v) is 6.48. The fourth-order valence-corrected chi connectivity index (χ4v) is 4.15. The number of nitrogens with two attached hydrogens (primary N) is 1. The molecule has 1 unspecified atom stereocenters. The smallest absolute Gasteiger partial charge is 0.369 e. The third kappa shape index (κ3) is 5.27. The van der Waals surface area contributed by atoms with Crippen LogP contribution in [0.25, 0.3) is 0 Å². The van der Waals surface area contributed by atoms with E-state index in [0.717, 1.165) is 23.0 Å². The van der Waals surface area contributed by atoms with E-state index in [1.807, 2.05) is 38.2 Å². The fraction of sp³-hybridized carbons (Fsp3) is 0.360. The molecule has 1 fully saturated rings. The molecule has 35 heavy (non-hydrogen) atoms. The van der Waals surface area contributed by atoms with Crippen molar-refractivity contribution in [2.45, 2.75) is 50.2 Å². The van der Waals surface area contributed by atoms with Gasteiger partial charge in [0, 0.05) is 12.2 Å². The number of amides is 1. The number of aryl methyl sites for hydroxylation is 2. The van der Waals surface area contributed by atoms with Crippen LogP contribution in [-0.2, 0) is 29.2 Å². The molecule has 7 nitrogen and oxygen atoms in total. The first kappa shape index (κ1) is 24.6. The normalized spacial score (nSPS) is 15.5. The Labute approximate surface area is 201 Å². The number of nitrogens with zero attached hydrogens (tertiary/aromatic N) is 3. The number of anilines is 2. The number of nitrogens with one attached hydrogen (secondary N) is 2. The van der Waals surface area contributed by atoms with E-state index in [0.29, 0.717) is 18.5 Å². The Hall–Kier alpha value is -3.53. The van der Waals surface area contributed by atoms with Crippen LogP contribution in [-0.4, -0.2) is 27.9 Å². The minimum Gasteiger partial charge on any atom is -0.369 e. The van der Waals surface area contributed by atoms with Crippen LogP contribution in [0, 0.1) is 0 Å². The van der Waals surface area contributed by atoms with Crippen molar-refractivity contribution in [2.24, 2.45) is 5.73 Å². The van der Waals surface area contributed by atoms with Gasteiger partial charge in [0.2, 0.25) is 11.9 Å². The number of hydrogen-bond donors (Lipinski definition) is 3. The summed E-state index contributed by atoms with van der Waals surface area (Å²) >= 11 is 0. The Bertz CT molecular complexity index is 1210. The third-order valence-electron chi connectivity index (χ3n) is 6.48. The lowest BCUT2D eigenvalue weighted by Gasteiger charge is -2.18. The maximum Gasteiger partial charge on any atom is 0.419 e. The Balaban J connectivity index is 1.58. The van der Waals surface area contributed by atoms with Crippen molar-refractivity contribution in [1.29, 1.82) is 0 Å². The molecule has 0 bridgehead atoms. The van der Waals surface area contributed by atoms with E-state index in [2.05, 4.69) is 25.6 Å². The van der Waals surface area contributed by atoms with Crippen LogP contribution < -0.4 is 16.4 Å². The zero-order chi connectivity index (χ0) is 25.2. The molecule has 184 valence electrons. The first-order valence-electron chi connectivity index (χ1n) is 11.4. The molecular formula is C25H27F3N6O. The largest absolute Gasteiger partial charge is 0.419 e. The molecule has 1 aromatic carbocycles. The Morgan fingerprint density at radius 2 is 1.86 bits per heavy atom. The lowest BCUT2D eigenvalue weighted by Crippen LogP contribution is -2.29. The van der Waals surface area contributed by atoms with Crippen LogP contribution in [0.15, 0.2) is 48.8 Å². The maximum absolute atomic E-state index is 13.7. The van der Waals surface area contributed by atoms with E-state index >= 15 is 0 Å². The average molecular weight is 485 g/mol. The number of aromatic nitrogens is 3. The number of hydrogen-bond acceptors (Lipinski definition) is 6. The summed E-state index contributed by atoms with van der Waals surface area (Å²) in [5.74, 6) is -0.355. The van der Waals surface area contributed by atoms with E-state index in [-0.39, 0.29) is 30.5 Å². The molecule has 1 aliphatic carbocycles. The molecule has 1 aliphatic rings. The van der Waals surface area contributed by atoms with Crippen molar-refractivity contribution in [3.05, 3.63) is 76.9 Å². The molecule has 10 heteroatoms. The SMILES string of the molecule is CNC(C)c1ccc(Nc2ncc(C(F)(F)F)c(CCc3ccccc3C3(C(N)=O)CC3)n2)cn1. The highest BCUT2D eigenvalue weighted by Crippen LogP contribution is 2.49. The summed E-state index contributed by atoms with van der Waals surface area (Å²) in [5, 5.41) is 6.02. The minimum atomic E-state index is -4.59. The zero-order valence-corrected chi connectivity index (χ0v) is 19.5. The second kappa shape index (κ2) is 9.61. The summed E-state index contributed by atoms with van der Waals surface area (Å²) < 4.78 is 41.1. The molecule has 0 radical (unpaired) electrons. The molecule has 0 saturated heterocycles. The summed E-state index contributed by atoms with van der Waals surface area (Å²) in [6.45, 7) is 1.97. The topological polar surface area (TPSA) is 106 Å².